The monoisotopic (exact) mass is 388 g/mol. The van der Waals surface area contributed by atoms with Crippen molar-refractivity contribution in [3.8, 4) is 5.69 Å². The summed E-state index contributed by atoms with van der Waals surface area (Å²) < 4.78 is 5.86. The minimum absolute atomic E-state index is 0.326. The van der Waals surface area contributed by atoms with E-state index < -0.39 is 0 Å². The molecule has 0 aliphatic rings. The molecule has 7 heteroatoms. The van der Waals surface area contributed by atoms with Gasteiger partial charge in [0.1, 0.15) is 11.0 Å². The van der Waals surface area contributed by atoms with E-state index in [-0.39, 0.29) is 5.97 Å². The maximum atomic E-state index is 11.8. The van der Waals surface area contributed by atoms with Crippen LogP contribution in [-0.2, 0) is 4.74 Å². The van der Waals surface area contributed by atoms with Gasteiger partial charge >= 0.3 is 5.97 Å². The molecule has 1 aromatic heterocycles. The van der Waals surface area contributed by atoms with Gasteiger partial charge in [0.2, 0.25) is 0 Å². The fourth-order valence-electron chi connectivity index (χ4n) is 2.28. The lowest BCUT2D eigenvalue weighted by Gasteiger charge is -2.04. The second-order valence-electron chi connectivity index (χ2n) is 5.46. The lowest BCUT2D eigenvalue weighted by molar-refractivity contribution is 0.0505. The molecule has 0 amide bonds. The van der Waals surface area contributed by atoms with E-state index in [2.05, 4.69) is 26.1 Å². The van der Waals surface area contributed by atoms with Gasteiger partial charge in [-0.05, 0) is 65.2 Å². The molecular formula is C17H17BrN4O2. The fraction of sp³-hybridized carbons (Fsp3) is 0.235. The highest BCUT2D eigenvalue weighted by molar-refractivity contribution is 9.10. The highest BCUT2D eigenvalue weighted by Crippen LogP contribution is 2.30. The van der Waals surface area contributed by atoms with Crippen molar-refractivity contribution >= 4 is 38.6 Å². The van der Waals surface area contributed by atoms with Crippen molar-refractivity contribution in [3.63, 3.8) is 0 Å². The molecule has 0 spiro atoms. The molecular weight excluding hydrogens is 372 g/mol. The number of aryl methyl sites for hydroxylation is 1. The van der Waals surface area contributed by atoms with Gasteiger partial charge in [-0.3, -0.25) is 0 Å². The van der Waals surface area contributed by atoms with Crippen molar-refractivity contribution in [2.75, 3.05) is 12.3 Å². The summed E-state index contributed by atoms with van der Waals surface area (Å²) in [5.74, 6) is -0.326. The van der Waals surface area contributed by atoms with E-state index in [0.29, 0.717) is 23.4 Å². The highest BCUT2D eigenvalue weighted by Gasteiger charge is 2.13. The molecule has 0 bridgehead atoms. The summed E-state index contributed by atoms with van der Waals surface area (Å²) in [7, 11) is 0. The quantitative estimate of drug-likeness (QED) is 0.544. The number of anilines is 1. The second kappa shape index (κ2) is 6.60. The van der Waals surface area contributed by atoms with E-state index in [1.807, 2.05) is 19.9 Å². The standard InChI is InChI=1S/C17H17BrN4O2/c1-3-8-24-17(23)11-4-6-12(7-5-11)22-20-13-9-10(2)15(19)14(18)16(13)21-22/h4-7,9H,3,8,19H2,1-2H3. The predicted molar refractivity (Wildman–Crippen MR) is 96.3 cm³/mol. The van der Waals surface area contributed by atoms with Crippen molar-refractivity contribution in [2.24, 2.45) is 0 Å². The van der Waals surface area contributed by atoms with Gasteiger partial charge in [-0.2, -0.15) is 4.80 Å². The maximum Gasteiger partial charge on any atom is 0.338 e. The molecule has 0 aliphatic heterocycles. The number of ether oxygens (including phenoxy) is 1. The number of esters is 1. The van der Waals surface area contributed by atoms with Crippen LogP contribution in [0.3, 0.4) is 0 Å². The molecule has 2 N–H and O–H groups in total. The molecule has 24 heavy (non-hydrogen) atoms. The Kier molecular flexibility index (Phi) is 4.53. The van der Waals surface area contributed by atoms with Gasteiger partial charge in [-0.15, -0.1) is 10.2 Å². The first-order valence-electron chi connectivity index (χ1n) is 7.60. The zero-order chi connectivity index (χ0) is 17.3. The molecule has 1 heterocycles. The van der Waals surface area contributed by atoms with Crippen LogP contribution in [0, 0.1) is 6.92 Å². The molecule has 124 valence electrons. The first-order valence-corrected chi connectivity index (χ1v) is 8.39. The average molecular weight is 389 g/mol. The number of rotatable bonds is 4. The van der Waals surface area contributed by atoms with E-state index >= 15 is 0 Å². The van der Waals surface area contributed by atoms with Gasteiger partial charge in [0.25, 0.3) is 0 Å². The van der Waals surface area contributed by atoms with Crippen LogP contribution in [0.25, 0.3) is 16.7 Å². The number of hydrogen-bond donors (Lipinski definition) is 1. The zero-order valence-corrected chi connectivity index (χ0v) is 15.0. The average Bonchev–Trinajstić information content (AvgIpc) is 3.02. The first-order chi connectivity index (χ1) is 11.5. The second-order valence-corrected chi connectivity index (χ2v) is 6.25. The summed E-state index contributed by atoms with van der Waals surface area (Å²) in [6.45, 7) is 4.30. The van der Waals surface area contributed by atoms with Crippen molar-refractivity contribution in [1.82, 2.24) is 15.0 Å². The summed E-state index contributed by atoms with van der Waals surface area (Å²) in [4.78, 5) is 13.4. The minimum atomic E-state index is -0.326. The van der Waals surface area contributed by atoms with Crippen molar-refractivity contribution < 1.29 is 9.53 Å². The fourth-order valence-corrected chi connectivity index (χ4v) is 2.87. The topological polar surface area (TPSA) is 83.0 Å². The molecule has 0 atom stereocenters. The summed E-state index contributed by atoms with van der Waals surface area (Å²) in [5.41, 5.74) is 10.3. The van der Waals surface area contributed by atoms with Crippen LogP contribution in [0.4, 0.5) is 5.69 Å². The number of carbonyl (C=O) groups excluding carboxylic acids is 1. The Hall–Kier alpha value is -2.41. The van der Waals surface area contributed by atoms with Gasteiger partial charge in [-0.1, -0.05) is 6.92 Å². The van der Waals surface area contributed by atoms with Crippen molar-refractivity contribution in [2.45, 2.75) is 20.3 Å². The Morgan fingerprint density at radius 3 is 2.67 bits per heavy atom. The molecule has 0 fully saturated rings. The van der Waals surface area contributed by atoms with Crippen LogP contribution < -0.4 is 5.73 Å². The number of aromatic nitrogens is 3. The Morgan fingerprint density at radius 2 is 2.00 bits per heavy atom. The molecule has 0 unspecified atom stereocenters. The molecule has 0 radical (unpaired) electrons. The molecule has 3 aromatic rings. The molecule has 0 saturated heterocycles. The highest BCUT2D eigenvalue weighted by atomic mass is 79.9. The third-order valence-electron chi connectivity index (χ3n) is 3.63. The SMILES string of the molecule is CCCOC(=O)c1ccc(-n2nc3cc(C)c(N)c(Br)c3n2)cc1. The summed E-state index contributed by atoms with van der Waals surface area (Å²) >= 11 is 3.47. The first kappa shape index (κ1) is 16.4. The van der Waals surface area contributed by atoms with Gasteiger partial charge in [0.05, 0.1) is 28.0 Å². The normalized spacial score (nSPS) is 11.0. The molecule has 0 saturated carbocycles. The zero-order valence-electron chi connectivity index (χ0n) is 13.4. The lowest BCUT2D eigenvalue weighted by Crippen LogP contribution is -2.06. The number of nitrogens with two attached hydrogens (primary N) is 1. The molecule has 6 nitrogen and oxygen atoms in total. The minimum Gasteiger partial charge on any atom is -0.462 e. The molecule has 0 aliphatic carbocycles. The van der Waals surface area contributed by atoms with E-state index in [1.165, 1.54) is 4.80 Å². The third-order valence-corrected chi connectivity index (χ3v) is 4.44. The molecule has 3 rings (SSSR count). The Labute approximate surface area is 147 Å². The summed E-state index contributed by atoms with van der Waals surface area (Å²) in [6.07, 6.45) is 0.797. The van der Waals surface area contributed by atoms with Gasteiger partial charge in [-0.25, -0.2) is 4.79 Å². The number of hydrogen-bond acceptors (Lipinski definition) is 5. The van der Waals surface area contributed by atoms with E-state index in [0.717, 1.165) is 27.7 Å². The molecule has 2 aromatic carbocycles. The van der Waals surface area contributed by atoms with Crippen LogP contribution in [-0.4, -0.2) is 27.6 Å². The lowest BCUT2D eigenvalue weighted by atomic mass is 10.2. The largest absolute Gasteiger partial charge is 0.462 e. The Bertz CT molecular complexity index is 903. The number of halogens is 1. The predicted octanol–water partition coefficient (Wildman–Crippen LogP) is 3.64. The Morgan fingerprint density at radius 1 is 1.29 bits per heavy atom. The van der Waals surface area contributed by atoms with Crippen molar-refractivity contribution in [3.05, 3.63) is 45.9 Å². The van der Waals surface area contributed by atoms with E-state index in [9.17, 15) is 4.79 Å². The number of fused-ring (bicyclic) bond motifs is 1. The van der Waals surface area contributed by atoms with Gasteiger partial charge < -0.3 is 10.5 Å². The van der Waals surface area contributed by atoms with Crippen LogP contribution in [0.5, 0.6) is 0 Å². The van der Waals surface area contributed by atoms with E-state index in [1.54, 1.807) is 24.3 Å². The van der Waals surface area contributed by atoms with E-state index in [4.69, 9.17) is 10.5 Å². The maximum absolute atomic E-state index is 11.8. The van der Waals surface area contributed by atoms with Crippen LogP contribution >= 0.6 is 15.9 Å². The van der Waals surface area contributed by atoms with Crippen LogP contribution in [0.15, 0.2) is 34.8 Å². The number of carbonyl (C=O) groups is 1. The Balaban J connectivity index is 1.93. The third kappa shape index (κ3) is 2.99. The number of benzene rings is 2. The summed E-state index contributed by atoms with van der Waals surface area (Å²) in [5, 5.41) is 8.94. The van der Waals surface area contributed by atoms with Crippen molar-refractivity contribution in [1.29, 1.82) is 0 Å². The van der Waals surface area contributed by atoms with Crippen LogP contribution in [0.1, 0.15) is 29.3 Å². The smallest absolute Gasteiger partial charge is 0.338 e. The summed E-state index contributed by atoms with van der Waals surface area (Å²) in [6, 6.07) is 8.87. The van der Waals surface area contributed by atoms with Gasteiger partial charge in [0.15, 0.2) is 0 Å². The van der Waals surface area contributed by atoms with Gasteiger partial charge in [0, 0.05) is 0 Å². The van der Waals surface area contributed by atoms with Crippen LogP contribution in [0.2, 0.25) is 0 Å². The number of nitrogen functional groups attached to an aromatic ring is 1. The number of nitrogens with zero attached hydrogens (tertiary/aromatic N) is 3.